The fourth-order valence-corrected chi connectivity index (χ4v) is 1.51. The Balaban J connectivity index is 2.59. The van der Waals surface area contributed by atoms with E-state index in [4.69, 9.17) is 0 Å². The van der Waals surface area contributed by atoms with Gasteiger partial charge in [0.15, 0.2) is 0 Å². The number of likely N-dealkylation sites (tertiary alicyclic amines) is 1. The summed E-state index contributed by atoms with van der Waals surface area (Å²) in [6, 6.07) is 0. The third kappa shape index (κ3) is 2.67. The first-order valence-electron chi connectivity index (χ1n) is 4.04. The van der Waals surface area contributed by atoms with E-state index in [1.807, 2.05) is 0 Å². The van der Waals surface area contributed by atoms with Crippen molar-refractivity contribution in [3.63, 3.8) is 0 Å². The predicted molar refractivity (Wildman–Crippen MR) is 41.1 cm³/mol. The molecule has 0 aromatic heterocycles. The third-order valence-corrected chi connectivity index (χ3v) is 2.12. The Kier molecular flexibility index (Phi) is 2.85. The van der Waals surface area contributed by atoms with E-state index in [2.05, 4.69) is 6.58 Å². The number of hydrogen-bond acceptors (Lipinski definition) is 1. The second-order valence-corrected chi connectivity index (χ2v) is 3.39. The van der Waals surface area contributed by atoms with Gasteiger partial charge in [-0.3, -0.25) is 4.90 Å². The summed E-state index contributed by atoms with van der Waals surface area (Å²) in [6.07, 6.45) is -3.41. The molecule has 1 aliphatic heterocycles. The van der Waals surface area contributed by atoms with E-state index in [-0.39, 0.29) is 6.54 Å². The van der Waals surface area contributed by atoms with Crippen LogP contribution < -0.4 is 0 Å². The van der Waals surface area contributed by atoms with Crippen molar-refractivity contribution in [3.05, 3.63) is 12.7 Å². The first kappa shape index (κ1) is 11.4. The second kappa shape index (κ2) is 3.49. The quantitative estimate of drug-likeness (QED) is 0.504. The van der Waals surface area contributed by atoms with Crippen LogP contribution in [0.4, 0.5) is 22.0 Å². The number of rotatable bonds is 2. The highest BCUT2D eigenvalue weighted by Crippen LogP contribution is 2.34. The molecule has 0 N–H and O–H groups in total. The van der Waals surface area contributed by atoms with Crippen LogP contribution in [0.3, 0.4) is 0 Å². The molecule has 1 atom stereocenters. The molecule has 1 heterocycles. The molecule has 14 heavy (non-hydrogen) atoms. The Morgan fingerprint density at radius 3 is 2.36 bits per heavy atom. The first-order chi connectivity index (χ1) is 6.24. The van der Waals surface area contributed by atoms with Crippen molar-refractivity contribution in [2.24, 2.45) is 5.92 Å². The lowest BCUT2D eigenvalue weighted by atomic mass is 10.1. The number of alkyl halides is 5. The largest absolute Gasteiger partial charge is 0.401 e. The lowest BCUT2D eigenvalue weighted by Gasteiger charge is -2.16. The average Bonchev–Trinajstić information content (AvgIpc) is 2.20. The van der Waals surface area contributed by atoms with Crippen molar-refractivity contribution in [3.8, 4) is 0 Å². The molecule has 1 nitrogen and oxygen atoms in total. The summed E-state index contributed by atoms with van der Waals surface area (Å²) in [6.45, 7) is 0.771. The maximum atomic E-state index is 13.0. The van der Waals surface area contributed by atoms with Crippen LogP contribution in [0.25, 0.3) is 0 Å². The van der Waals surface area contributed by atoms with E-state index in [0.717, 1.165) is 6.08 Å². The topological polar surface area (TPSA) is 3.24 Å². The van der Waals surface area contributed by atoms with Crippen LogP contribution in [-0.2, 0) is 0 Å². The van der Waals surface area contributed by atoms with Crippen molar-refractivity contribution in [1.29, 1.82) is 0 Å². The summed E-state index contributed by atoms with van der Waals surface area (Å²) in [5.74, 6) is -4.27. The Labute approximate surface area is 78.2 Å². The van der Waals surface area contributed by atoms with Crippen LogP contribution in [0.15, 0.2) is 12.7 Å². The van der Waals surface area contributed by atoms with Gasteiger partial charge in [-0.15, -0.1) is 6.58 Å². The fourth-order valence-electron chi connectivity index (χ4n) is 1.51. The van der Waals surface area contributed by atoms with Crippen molar-refractivity contribution in [1.82, 2.24) is 4.90 Å². The van der Waals surface area contributed by atoms with Gasteiger partial charge in [0, 0.05) is 6.54 Å². The molecular formula is C8H10F5N. The van der Waals surface area contributed by atoms with E-state index < -0.39 is 31.1 Å². The second-order valence-electron chi connectivity index (χ2n) is 3.39. The molecule has 0 aromatic rings. The Morgan fingerprint density at radius 1 is 1.43 bits per heavy atom. The molecule has 1 unspecified atom stereocenters. The number of halogens is 5. The zero-order valence-electron chi connectivity index (χ0n) is 7.32. The molecule has 1 fully saturated rings. The molecule has 6 heteroatoms. The van der Waals surface area contributed by atoms with Crippen LogP contribution in [0, 0.1) is 5.92 Å². The molecule has 0 aromatic carbocycles. The highest BCUT2D eigenvalue weighted by Gasteiger charge is 2.48. The molecule has 0 aliphatic carbocycles. The molecule has 1 aliphatic rings. The van der Waals surface area contributed by atoms with Gasteiger partial charge in [-0.25, -0.2) is 8.78 Å². The van der Waals surface area contributed by atoms with Gasteiger partial charge in [-0.2, -0.15) is 13.2 Å². The fraction of sp³-hybridized carbons (Fsp3) is 0.750. The molecule has 1 rings (SSSR count). The lowest BCUT2D eigenvalue weighted by Crippen LogP contribution is -2.34. The van der Waals surface area contributed by atoms with Crippen LogP contribution in [0.5, 0.6) is 0 Å². The van der Waals surface area contributed by atoms with E-state index in [1.54, 1.807) is 0 Å². The number of nitrogens with zero attached hydrogens (tertiary/aromatic N) is 1. The van der Waals surface area contributed by atoms with Gasteiger partial charge in [0.2, 0.25) is 0 Å². The molecular weight excluding hydrogens is 205 g/mol. The van der Waals surface area contributed by atoms with Gasteiger partial charge in [-0.1, -0.05) is 6.08 Å². The van der Waals surface area contributed by atoms with E-state index >= 15 is 0 Å². The average molecular weight is 215 g/mol. The molecule has 1 saturated heterocycles. The zero-order chi connectivity index (χ0) is 11.0. The van der Waals surface area contributed by atoms with Crippen molar-refractivity contribution >= 4 is 0 Å². The van der Waals surface area contributed by atoms with Gasteiger partial charge < -0.3 is 0 Å². The van der Waals surface area contributed by atoms with Crippen molar-refractivity contribution in [2.75, 3.05) is 19.6 Å². The van der Waals surface area contributed by atoms with E-state index in [9.17, 15) is 22.0 Å². The molecule has 0 bridgehead atoms. The Hall–Kier alpha value is -0.650. The standard InChI is InChI=1S/C8H10F5N/c1-2-6-3-14(4-7(6,9)10)5-8(11,12)13/h2,6H,1,3-5H2. The zero-order valence-corrected chi connectivity index (χ0v) is 7.32. The van der Waals surface area contributed by atoms with Gasteiger partial charge in [0.25, 0.3) is 5.92 Å². The molecule has 0 radical (unpaired) electrons. The smallest absolute Gasteiger partial charge is 0.288 e. The summed E-state index contributed by atoms with van der Waals surface area (Å²) >= 11 is 0. The summed E-state index contributed by atoms with van der Waals surface area (Å²) in [5.41, 5.74) is 0. The summed E-state index contributed by atoms with van der Waals surface area (Å²) in [4.78, 5) is 0.701. The van der Waals surface area contributed by atoms with Gasteiger partial charge in [0.1, 0.15) is 0 Å². The maximum absolute atomic E-state index is 13.0. The minimum atomic E-state index is -4.42. The van der Waals surface area contributed by atoms with E-state index in [1.165, 1.54) is 0 Å². The van der Waals surface area contributed by atoms with Gasteiger partial charge in [0.05, 0.1) is 19.0 Å². The van der Waals surface area contributed by atoms with Crippen LogP contribution in [-0.4, -0.2) is 36.6 Å². The third-order valence-electron chi connectivity index (χ3n) is 2.12. The van der Waals surface area contributed by atoms with Gasteiger partial charge in [-0.05, 0) is 0 Å². The predicted octanol–water partition coefficient (Wildman–Crippen LogP) is 2.30. The minimum Gasteiger partial charge on any atom is -0.288 e. The minimum absolute atomic E-state index is 0.282. The van der Waals surface area contributed by atoms with Crippen LogP contribution >= 0.6 is 0 Å². The summed E-state index contributed by atoms with van der Waals surface area (Å²) in [7, 11) is 0. The molecule has 0 spiro atoms. The maximum Gasteiger partial charge on any atom is 0.401 e. The van der Waals surface area contributed by atoms with Crippen LogP contribution in [0.2, 0.25) is 0 Å². The van der Waals surface area contributed by atoms with Crippen molar-refractivity contribution < 1.29 is 22.0 Å². The van der Waals surface area contributed by atoms with Crippen LogP contribution in [0.1, 0.15) is 0 Å². The monoisotopic (exact) mass is 215 g/mol. The Bertz CT molecular complexity index is 222. The highest BCUT2D eigenvalue weighted by molar-refractivity contribution is 4.99. The van der Waals surface area contributed by atoms with Crippen molar-refractivity contribution in [2.45, 2.75) is 12.1 Å². The number of hydrogen-bond donors (Lipinski definition) is 0. The molecule has 0 amide bonds. The first-order valence-corrected chi connectivity index (χ1v) is 4.04. The van der Waals surface area contributed by atoms with Gasteiger partial charge >= 0.3 is 6.18 Å². The van der Waals surface area contributed by atoms with E-state index in [0.29, 0.717) is 4.90 Å². The summed E-state index contributed by atoms with van der Waals surface area (Å²) in [5, 5.41) is 0. The lowest BCUT2D eigenvalue weighted by molar-refractivity contribution is -0.145. The molecule has 0 saturated carbocycles. The summed E-state index contributed by atoms with van der Waals surface area (Å²) < 4.78 is 61.5. The molecule has 82 valence electrons. The normalized spacial score (nSPS) is 27.9. The SMILES string of the molecule is C=CC1CN(CC(F)(F)F)CC1(F)F. The Morgan fingerprint density at radius 2 is 2.00 bits per heavy atom. The highest BCUT2D eigenvalue weighted by atomic mass is 19.4.